The van der Waals surface area contributed by atoms with Gasteiger partial charge in [0, 0.05) is 31.0 Å². The molecule has 0 unspecified atom stereocenters. The molecule has 0 radical (unpaired) electrons. The Kier molecular flexibility index (Phi) is 3.81. The SMILES string of the molecule is O=C(NCCNc1ncccn1)c1ccc2c(c1)OCO2. The Morgan fingerprint density at radius 2 is 1.95 bits per heavy atom. The molecule has 0 saturated carbocycles. The summed E-state index contributed by atoms with van der Waals surface area (Å²) in [5.41, 5.74) is 0.537. The van der Waals surface area contributed by atoms with Gasteiger partial charge in [-0.1, -0.05) is 0 Å². The zero-order valence-corrected chi connectivity index (χ0v) is 11.2. The van der Waals surface area contributed by atoms with Crippen LogP contribution in [0.25, 0.3) is 0 Å². The van der Waals surface area contributed by atoms with Crippen LogP contribution in [0.5, 0.6) is 11.5 Å². The maximum Gasteiger partial charge on any atom is 0.251 e. The van der Waals surface area contributed by atoms with Crippen molar-refractivity contribution in [3.8, 4) is 11.5 Å². The van der Waals surface area contributed by atoms with Gasteiger partial charge in [-0.15, -0.1) is 0 Å². The second-order valence-corrected chi connectivity index (χ2v) is 4.32. The molecule has 1 aromatic heterocycles. The molecule has 1 aliphatic heterocycles. The number of carbonyl (C=O) groups excluding carboxylic acids is 1. The second kappa shape index (κ2) is 6.08. The van der Waals surface area contributed by atoms with E-state index >= 15 is 0 Å². The quantitative estimate of drug-likeness (QED) is 0.799. The van der Waals surface area contributed by atoms with Crippen molar-refractivity contribution >= 4 is 11.9 Å². The van der Waals surface area contributed by atoms with E-state index in [-0.39, 0.29) is 12.7 Å². The standard InChI is InChI=1S/C14H14N4O3/c19-13(10-2-3-11-12(8-10)21-9-20-11)15-6-7-18-14-16-4-1-5-17-14/h1-5,8H,6-7,9H2,(H,15,19)(H,16,17,18). The highest BCUT2D eigenvalue weighted by atomic mass is 16.7. The molecule has 7 nitrogen and oxygen atoms in total. The van der Waals surface area contributed by atoms with Crippen molar-refractivity contribution in [1.29, 1.82) is 0 Å². The van der Waals surface area contributed by atoms with E-state index in [4.69, 9.17) is 9.47 Å². The number of aromatic nitrogens is 2. The summed E-state index contributed by atoms with van der Waals surface area (Å²) in [6.07, 6.45) is 3.31. The van der Waals surface area contributed by atoms with E-state index in [1.165, 1.54) is 0 Å². The lowest BCUT2D eigenvalue weighted by atomic mass is 10.2. The van der Waals surface area contributed by atoms with Crippen molar-refractivity contribution < 1.29 is 14.3 Å². The van der Waals surface area contributed by atoms with E-state index in [1.54, 1.807) is 36.7 Å². The molecular weight excluding hydrogens is 272 g/mol. The van der Waals surface area contributed by atoms with Crippen molar-refractivity contribution in [2.24, 2.45) is 0 Å². The first kappa shape index (κ1) is 13.2. The largest absolute Gasteiger partial charge is 0.454 e. The molecule has 3 rings (SSSR count). The lowest BCUT2D eigenvalue weighted by Crippen LogP contribution is -2.29. The highest BCUT2D eigenvalue weighted by Crippen LogP contribution is 2.32. The number of anilines is 1. The summed E-state index contributed by atoms with van der Waals surface area (Å²) >= 11 is 0. The summed E-state index contributed by atoms with van der Waals surface area (Å²) in [5.74, 6) is 1.63. The van der Waals surface area contributed by atoms with Gasteiger partial charge in [0.2, 0.25) is 12.7 Å². The monoisotopic (exact) mass is 286 g/mol. The number of hydrogen-bond acceptors (Lipinski definition) is 6. The first-order valence-electron chi connectivity index (χ1n) is 6.52. The zero-order valence-electron chi connectivity index (χ0n) is 11.2. The third-order valence-corrected chi connectivity index (χ3v) is 2.89. The molecule has 0 fully saturated rings. The van der Waals surface area contributed by atoms with E-state index in [2.05, 4.69) is 20.6 Å². The van der Waals surface area contributed by atoms with Gasteiger partial charge in [-0.25, -0.2) is 9.97 Å². The Bertz CT molecular complexity index is 633. The topological polar surface area (TPSA) is 85.4 Å². The maximum atomic E-state index is 12.0. The van der Waals surface area contributed by atoms with E-state index in [0.29, 0.717) is 36.1 Å². The van der Waals surface area contributed by atoms with Gasteiger partial charge in [-0.05, 0) is 24.3 Å². The summed E-state index contributed by atoms with van der Waals surface area (Å²) < 4.78 is 10.4. The molecule has 1 aromatic carbocycles. The minimum atomic E-state index is -0.163. The first-order valence-corrected chi connectivity index (χ1v) is 6.52. The lowest BCUT2D eigenvalue weighted by molar-refractivity contribution is 0.0954. The molecule has 1 aliphatic rings. The minimum absolute atomic E-state index is 0.163. The second-order valence-electron chi connectivity index (χ2n) is 4.32. The Hall–Kier alpha value is -2.83. The number of hydrogen-bond donors (Lipinski definition) is 2. The highest BCUT2D eigenvalue weighted by Gasteiger charge is 2.15. The van der Waals surface area contributed by atoms with Gasteiger partial charge in [-0.2, -0.15) is 0 Å². The van der Waals surface area contributed by atoms with Crippen LogP contribution in [0.3, 0.4) is 0 Å². The smallest absolute Gasteiger partial charge is 0.251 e. The average molecular weight is 286 g/mol. The predicted octanol–water partition coefficient (Wildman–Crippen LogP) is 1.05. The van der Waals surface area contributed by atoms with Crippen molar-refractivity contribution in [1.82, 2.24) is 15.3 Å². The molecule has 0 atom stereocenters. The summed E-state index contributed by atoms with van der Waals surface area (Å²) in [6.45, 7) is 1.20. The average Bonchev–Trinajstić information content (AvgIpc) is 3.00. The number of nitrogens with zero attached hydrogens (tertiary/aromatic N) is 2. The molecule has 0 aliphatic carbocycles. The molecule has 0 saturated heterocycles. The third kappa shape index (κ3) is 3.19. The van der Waals surface area contributed by atoms with E-state index in [0.717, 1.165) is 0 Å². The van der Waals surface area contributed by atoms with Gasteiger partial charge in [0.05, 0.1) is 0 Å². The van der Waals surface area contributed by atoms with Crippen LogP contribution in [0.1, 0.15) is 10.4 Å². The number of ether oxygens (including phenoxy) is 2. The van der Waals surface area contributed by atoms with Gasteiger partial charge in [0.15, 0.2) is 11.5 Å². The van der Waals surface area contributed by atoms with Gasteiger partial charge in [0.1, 0.15) is 0 Å². The number of fused-ring (bicyclic) bond motifs is 1. The Morgan fingerprint density at radius 3 is 2.81 bits per heavy atom. The maximum absolute atomic E-state index is 12.0. The molecule has 0 spiro atoms. The fourth-order valence-electron chi connectivity index (χ4n) is 1.88. The van der Waals surface area contributed by atoms with Crippen LogP contribution in [0.4, 0.5) is 5.95 Å². The molecule has 2 N–H and O–H groups in total. The molecule has 0 bridgehead atoms. The Balaban J connectivity index is 1.48. The fraction of sp³-hybridized carbons (Fsp3) is 0.214. The molecule has 2 heterocycles. The summed E-state index contributed by atoms with van der Waals surface area (Å²) in [7, 11) is 0. The predicted molar refractivity (Wildman–Crippen MR) is 75.4 cm³/mol. The van der Waals surface area contributed by atoms with Crippen LogP contribution in [-0.4, -0.2) is 35.8 Å². The van der Waals surface area contributed by atoms with Crippen molar-refractivity contribution in [3.05, 3.63) is 42.2 Å². The number of nitrogens with one attached hydrogen (secondary N) is 2. The van der Waals surface area contributed by atoms with Crippen LogP contribution < -0.4 is 20.1 Å². The van der Waals surface area contributed by atoms with Crippen LogP contribution in [0, 0.1) is 0 Å². The molecule has 7 heteroatoms. The number of rotatable bonds is 5. The van der Waals surface area contributed by atoms with Crippen LogP contribution >= 0.6 is 0 Å². The molecule has 108 valence electrons. The van der Waals surface area contributed by atoms with E-state index in [1.807, 2.05) is 0 Å². The van der Waals surface area contributed by atoms with Gasteiger partial charge < -0.3 is 20.1 Å². The number of carbonyl (C=O) groups is 1. The van der Waals surface area contributed by atoms with Gasteiger partial charge in [0.25, 0.3) is 5.91 Å². The number of amides is 1. The fourth-order valence-corrected chi connectivity index (χ4v) is 1.88. The summed E-state index contributed by atoms with van der Waals surface area (Å²) in [6, 6.07) is 6.85. The normalized spacial score (nSPS) is 12.0. The molecule has 2 aromatic rings. The first-order chi connectivity index (χ1) is 10.3. The third-order valence-electron chi connectivity index (χ3n) is 2.89. The van der Waals surface area contributed by atoms with Crippen LogP contribution in [-0.2, 0) is 0 Å². The Labute approximate surface area is 121 Å². The van der Waals surface area contributed by atoms with Gasteiger partial charge >= 0.3 is 0 Å². The zero-order chi connectivity index (χ0) is 14.5. The van der Waals surface area contributed by atoms with Crippen molar-refractivity contribution in [2.75, 3.05) is 25.2 Å². The lowest BCUT2D eigenvalue weighted by Gasteiger charge is -2.07. The van der Waals surface area contributed by atoms with Crippen LogP contribution in [0.15, 0.2) is 36.7 Å². The van der Waals surface area contributed by atoms with Gasteiger partial charge in [-0.3, -0.25) is 4.79 Å². The van der Waals surface area contributed by atoms with Crippen LogP contribution in [0.2, 0.25) is 0 Å². The summed E-state index contributed by atoms with van der Waals surface area (Å²) in [5, 5.41) is 5.82. The molecule has 1 amide bonds. The number of benzene rings is 1. The summed E-state index contributed by atoms with van der Waals surface area (Å²) in [4.78, 5) is 20.0. The molecule has 21 heavy (non-hydrogen) atoms. The Morgan fingerprint density at radius 1 is 1.14 bits per heavy atom. The van der Waals surface area contributed by atoms with Crippen molar-refractivity contribution in [2.45, 2.75) is 0 Å². The minimum Gasteiger partial charge on any atom is -0.454 e. The van der Waals surface area contributed by atoms with Crippen molar-refractivity contribution in [3.63, 3.8) is 0 Å². The highest BCUT2D eigenvalue weighted by molar-refractivity contribution is 5.94. The molecular formula is C14H14N4O3. The van der Waals surface area contributed by atoms with E-state index in [9.17, 15) is 4.79 Å². The van der Waals surface area contributed by atoms with E-state index < -0.39 is 0 Å².